The van der Waals surface area contributed by atoms with E-state index < -0.39 is 0 Å². The molecule has 3 heterocycles. The van der Waals surface area contributed by atoms with Crippen LogP contribution in [0.3, 0.4) is 0 Å². The van der Waals surface area contributed by atoms with E-state index >= 15 is 0 Å². The summed E-state index contributed by atoms with van der Waals surface area (Å²) in [6.07, 6.45) is 6.80. The van der Waals surface area contributed by atoms with Gasteiger partial charge in [0.2, 0.25) is 5.89 Å². The van der Waals surface area contributed by atoms with Crippen LogP contribution in [0, 0.1) is 0 Å². The lowest BCUT2D eigenvalue weighted by Gasteiger charge is -1.93. The molecule has 0 spiro atoms. The zero-order chi connectivity index (χ0) is 12.2. The first-order valence-electron chi connectivity index (χ1n) is 5.26. The molecule has 0 saturated carbocycles. The van der Waals surface area contributed by atoms with E-state index in [1.165, 1.54) is 11.8 Å². The lowest BCUT2D eigenvalue weighted by molar-refractivity contribution is 0.465. The number of rotatable bonds is 4. The highest BCUT2D eigenvalue weighted by Gasteiger charge is 2.09. The highest BCUT2D eigenvalue weighted by Crippen LogP contribution is 2.24. The van der Waals surface area contributed by atoms with Crippen LogP contribution in [0.2, 0.25) is 0 Å². The Labute approximate surface area is 107 Å². The molecule has 0 aliphatic heterocycles. The molecule has 0 aromatic carbocycles. The second-order valence-corrected chi connectivity index (χ2v) is 4.40. The van der Waals surface area contributed by atoms with Crippen molar-refractivity contribution in [2.45, 2.75) is 11.0 Å². The quantitative estimate of drug-likeness (QED) is 0.723. The Morgan fingerprint density at radius 3 is 2.83 bits per heavy atom. The van der Waals surface area contributed by atoms with Crippen molar-refractivity contribution in [3.8, 4) is 11.5 Å². The maximum absolute atomic E-state index is 5.55. The summed E-state index contributed by atoms with van der Waals surface area (Å²) in [6, 6.07) is 3.66. The summed E-state index contributed by atoms with van der Waals surface area (Å²) in [6.45, 7) is 0. The molecule has 0 aliphatic carbocycles. The molecule has 0 fully saturated rings. The molecular formula is C11H9N5OS. The number of thioether (sulfide) groups is 1. The van der Waals surface area contributed by atoms with Crippen LogP contribution in [-0.2, 0) is 5.75 Å². The molecule has 3 aromatic heterocycles. The van der Waals surface area contributed by atoms with E-state index in [4.69, 9.17) is 4.42 Å². The molecule has 1 N–H and O–H groups in total. The maximum atomic E-state index is 5.55. The molecule has 0 aliphatic rings. The summed E-state index contributed by atoms with van der Waals surface area (Å²) in [5.41, 5.74) is 1.88. The van der Waals surface area contributed by atoms with Crippen LogP contribution in [0.4, 0.5) is 0 Å². The first-order chi connectivity index (χ1) is 8.92. The van der Waals surface area contributed by atoms with Crippen LogP contribution in [-0.4, -0.2) is 25.1 Å². The van der Waals surface area contributed by atoms with Crippen molar-refractivity contribution in [3.05, 3.63) is 42.7 Å². The average Bonchev–Trinajstić information content (AvgIpc) is 3.09. The van der Waals surface area contributed by atoms with Crippen molar-refractivity contribution in [1.29, 1.82) is 0 Å². The molecule has 18 heavy (non-hydrogen) atoms. The molecule has 0 radical (unpaired) electrons. The third-order valence-electron chi connectivity index (χ3n) is 2.24. The Bertz CT molecular complexity index is 607. The number of aromatic amines is 1. The number of aromatic nitrogens is 5. The number of pyridine rings is 1. The molecule has 3 aromatic rings. The van der Waals surface area contributed by atoms with Gasteiger partial charge in [-0.15, -0.1) is 10.2 Å². The van der Waals surface area contributed by atoms with E-state index in [2.05, 4.69) is 25.1 Å². The van der Waals surface area contributed by atoms with Gasteiger partial charge in [-0.2, -0.15) is 0 Å². The van der Waals surface area contributed by atoms with Gasteiger partial charge in [-0.3, -0.25) is 4.98 Å². The Morgan fingerprint density at radius 2 is 2.06 bits per heavy atom. The molecule has 0 atom stereocenters. The van der Waals surface area contributed by atoms with Crippen molar-refractivity contribution in [3.63, 3.8) is 0 Å². The molecule has 0 saturated heterocycles. The van der Waals surface area contributed by atoms with Crippen LogP contribution in [0.15, 0.2) is 46.7 Å². The Hall–Kier alpha value is -2.15. The fraction of sp³-hybridized carbons (Fsp3) is 0.0909. The molecule has 0 bridgehead atoms. The lowest BCUT2D eigenvalue weighted by Crippen LogP contribution is -1.79. The first kappa shape index (κ1) is 11.0. The van der Waals surface area contributed by atoms with Gasteiger partial charge in [-0.1, -0.05) is 11.8 Å². The minimum absolute atomic E-state index is 0.504. The van der Waals surface area contributed by atoms with Gasteiger partial charge in [-0.25, -0.2) is 4.98 Å². The van der Waals surface area contributed by atoms with Crippen molar-refractivity contribution in [1.82, 2.24) is 25.1 Å². The molecule has 3 rings (SSSR count). The zero-order valence-corrected chi connectivity index (χ0v) is 10.1. The minimum atomic E-state index is 0.504. The van der Waals surface area contributed by atoms with Gasteiger partial charge in [0.1, 0.15) is 0 Å². The van der Waals surface area contributed by atoms with E-state index in [9.17, 15) is 0 Å². The molecule has 7 heteroatoms. The average molecular weight is 259 g/mol. The van der Waals surface area contributed by atoms with Gasteiger partial charge in [0.25, 0.3) is 5.22 Å². The molecule has 90 valence electrons. The standard InChI is InChI=1S/C11H9N5OS/c1-3-12-4-2-8(1)10-15-16-11(17-10)18-6-9-5-13-7-14-9/h1-5,7H,6H2,(H,13,14). The van der Waals surface area contributed by atoms with E-state index in [-0.39, 0.29) is 0 Å². The number of nitrogens with one attached hydrogen (secondary N) is 1. The van der Waals surface area contributed by atoms with Gasteiger partial charge in [0.15, 0.2) is 0 Å². The van der Waals surface area contributed by atoms with Crippen LogP contribution in [0.25, 0.3) is 11.5 Å². The largest absolute Gasteiger partial charge is 0.411 e. The predicted molar refractivity (Wildman–Crippen MR) is 65.7 cm³/mol. The maximum Gasteiger partial charge on any atom is 0.277 e. The van der Waals surface area contributed by atoms with Gasteiger partial charge in [0, 0.05) is 35.6 Å². The van der Waals surface area contributed by atoms with E-state index in [0.717, 1.165) is 17.0 Å². The molecular weight excluding hydrogens is 250 g/mol. The van der Waals surface area contributed by atoms with Crippen LogP contribution >= 0.6 is 11.8 Å². The van der Waals surface area contributed by atoms with Crippen molar-refractivity contribution < 1.29 is 4.42 Å². The second kappa shape index (κ2) is 5.01. The summed E-state index contributed by atoms with van der Waals surface area (Å²) in [5.74, 6) is 1.22. The third-order valence-corrected chi connectivity index (χ3v) is 3.11. The fourth-order valence-electron chi connectivity index (χ4n) is 1.38. The number of imidazole rings is 1. The van der Waals surface area contributed by atoms with Gasteiger partial charge < -0.3 is 9.40 Å². The summed E-state index contributed by atoms with van der Waals surface area (Å²) in [4.78, 5) is 10.9. The van der Waals surface area contributed by atoms with Crippen LogP contribution < -0.4 is 0 Å². The zero-order valence-electron chi connectivity index (χ0n) is 9.28. The Morgan fingerprint density at radius 1 is 1.17 bits per heavy atom. The fourth-order valence-corrected chi connectivity index (χ4v) is 2.06. The first-order valence-corrected chi connectivity index (χ1v) is 6.24. The van der Waals surface area contributed by atoms with E-state index in [1.807, 2.05) is 12.1 Å². The number of hydrogen-bond acceptors (Lipinski definition) is 6. The van der Waals surface area contributed by atoms with Gasteiger partial charge in [0.05, 0.1) is 6.33 Å². The number of nitrogens with zero attached hydrogens (tertiary/aromatic N) is 4. The highest BCUT2D eigenvalue weighted by atomic mass is 32.2. The normalized spacial score (nSPS) is 10.7. The monoisotopic (exact) mass is 259 g/mol. The van der Waals surface area contributed by atoms with E-state index in [1.54, 1.807) is 24.9 Å². The summed E-state index contributed by atoms with van der Waals surface area (Å²) in [5, 5.41) is 8.52. The number of hydrogen-bond donors (Lipinski definition) is 1. The van der Waals surface area contributed by atoms with Gasteiger partial charge >= 0.3 is 0 Å². The highest BCUT2D eigenvalue weighted by molar-refractivity contribution is 7.98. The topological polar surface area (TPSA) is 80.5 Å². The van der Waals surface area contributed by atoms with Crippen molar-refractivity contribution in [2.24, 2.45) is 0 Å². The minimum Gasteiger partial charge on any atom is -0.411 e. The molecule has 0 amide bonds. The lowest BCUT2D eigenvalue weighted by atomic mass is 10.3. The summed E-state index contributed by atoms with van der Waals surface area (Å²) in [7, 11) is 0. The predicted octanol–water partition coefficient (Wildman–Crippen LogP) is 2.15. The Kier molecular flexibility index (Phi) is 3.05. The SMILES string of the molecule is c1cc(-c2nnc(SCc3cnc[nH]3)o2)ccn1. The molecule has 6 nitrogen and oxygen atoms in total. The van der Waals surface area contributed by atoms with Crippen molar-refractivity contribution in [2.75, 3.05) is 0 Å². The molecule has 0 unspecified atom stereocenters. The Balaban J connectivity index is 1.70. The third kappa shape index (κ3) is 2.40. The van der Waals surface area contributed by atoms with Crippen LogP contribution in [0.1, 0.15) is 5.69 Å². The summed E-state index contributed by atoms with van der Waals surface area (Å²) < 4.78 is 5.55. The van der Waals surface area contributed by atoms with E-state index in [0.29, 0.717) is 11.1 Å². The van der Waals surface area contributed by atoms with Crippen molar-refractivity contribution >= 4 is 11.8 Å². The van der Waals surface area contributed by atoms with Gasteiger partial charge in [-0.05, 0) is 12.1 Å². The smallest absolute Gasteiger partial charge is 0.277 e. The van der Waals surface area contributed by atoms with Crippen LogP contribution in [0.5, 0.6) is 0 Å². The summed E-state index contributed by atoms with van der Waals surface area (Å²) >= 11 is 1.47. The number of H-pyrrole nitrogens is 1. The second-order valence-electron chi connectivity index (χ2n) is 3.47.